The minimum absolute atomic E-state index is 0.0635. The van der Waals surface area contributed by atoms with Crippen LogP contribution in [0, 0.1) is 12.7 Å². The van der Waals surface area contributed by atoms with E-state index in [2.05, 4.69) is 5.16 Å². The van der Waals surface area contributed by atoms with Crippen molar-refractivity contribution >= 4 is 10.0 Å². The number of sulfonamides is 1. The summed E-state index contributed by atoms with van der Waals surface area (Å²) < 4.78 is 81.1. The molecule has 29 heavy (non-hydrogen) atoms. The molecule has 11 heteroatoms. The number of primary sulfonamides is 1. The molecule has 0 aliphatic rings. The lowest BCUT2D eigenvalue weighted by atomic mass is 9.96. The van der Waals surface area contributed by atoms with Gasteiger partial charge in [-0.15, -0.1) is 0 Å². The van der Waals surface area contributed by atoms with Gasteiger partial charge < -0.3 is 9.63 Å². The van der Waals surface area contributed by atoms with Gasteiger partial charge in [0.1, 0.15) is 23.0 Å². The number of hydrogen-bond acceptors (Lipinski definition) is 5. The van der Waals surface area contributed by atoms with Gasteiger partial charge in [-0.05, 0) is 42.3 Å². The van der Waals surface area contributed by atoms with Crippen molar-refractivity contribution in [2.24, 2.45) is 5.14 Å². The van der Waals surface area contributed by atoms with E-state index in [-0.39, 0.29) is 33.7 Å². The summed E-state index contributed by atoms with van der Waals surface area (Å²) in [5, 5.41) is 18.2. The van der Waals surface area contributed by atoms with E-state index in [0.717, 1.165) is 18.2 Å². The number of aryl methyl sites for hydroxylation is 1. The molecule has 0 spiro atoms. The van der Waals surface area contributed by atoms with Crippen LogP contribution >= 0.6 is 0 Å². The molecule has 3 aromatic rings. The van der Waals surface area contributed by atoms with Gasteiger partial charge in [0.25, 0.3) is 0 Å². The number of nitrogens with two attached hydrogens (primary N) is 1. The molecular weight excluding hydrogens is 416 g/mol. The van der Waals surface area contributed by atoms with Crippen molar-refractivity contribution in [2.45, 2.75) is 24.6 Å². The van der Waals surface area contributed by atoms with Gasteiger partial charge in [-0.25, -0.2) is 17.9 Å². The molecule has 1 heterocycles. The van der Waals surface area contributed by atoms with Gasteiger partial charge in [-0.1, -0.05) is 17.3 Å². The number of rotatable bonds is 4. The number of nitrogens with zero attached hydrogens (tertiary/aromatic N) is 1. The standard InChI is InChI=1S/C18H14F4N2O4S/c1-9-6-11(2-4-12(9)18(20,21)22)17-16(14(8-25)28-24-17)10-3-5-15(13(19)7-10)29(23,26)27/h2-7,25H,8H2,1H3,(H2,23,26,27). The van der Waals surface area contributed by atoms with Gasteiger partial charge in [0.2, 0.25) is 10.0 Å². The fourth-order valence-electron chi connectivity index (χ4n) is 2.94. The second-order valence-electron chi connectivity index (χ2n) is 6.21. The van der Waals surface area contributed by atoms with Gasteiger partial charge >= 0.3 is 6.18 Å². The van der Waals surface area contributed by atoms with Crippen molar-refractivity contribution in [1.29, 1.82) is 0 Å². The molecule has 0 radical (unpaired) electrons. The first-order valence-electron chi connectivity index (χ1n) is 8.04. The van der Waals surface area contributed by atoms with Crippen molar-refractivity contribution in [2.75, 3.05) is 0 Å². The van der Waals surface area contributed by atoms with Crippen LogP contribution in [-0.4, -0.2) is 18.7 Å². The highest BCUT2D eigenvalue weighted by Gasteiger charge is 2.32. The first-order chi connectivity index (χ1) is 13.4. The Morgan fingerprint density at radius 1 is 1.14 bits per heavy atom. The lowest BCUT2D eigenvalue weighted by molar-refractivity contribution is -0.138. The Morgan fingerprint density at radius 2 is 1.79 bits per heavy atom. The van der Waals surface area contributed by atoms with Gasteiger partial charge in [-0.3, -0.25) is 0 Å². The summed E-state index contributed by atoms with van der Waals surface area (Å²) in [5.74, 6) is -1.20. The Morgan fingerprint density at radius 3 is 2.31 bits per heavy atom. The summed E-state index contributed by atoms with van der Waals surface area (Å²) in [6.07, 6.45) is -4.53. The van der Waals surface area contributed by atoms with Crippen LogP contribution in [0.3, 0.4) is 0 Å². The molecule has 3 rings (SSSR count). The molecular formula is C18H14F4N2O4S. The second kappa shape index (κ2) is 7.25. The zero-order valence-corrected chi connectivity index (χ0v) is 15.6. The summed E-state index contributed by atoms with van der Waals surface area (Å²) >= 11 is 0. The van der Waals surface area contributed by atoms with Crippen LogP contribution in [0.5, 0.6) is 0 Å². The van der Waals surface area contributed by atoms with E-state index < -0.39 is 39.1 Å². The average molecular weight is 430 g/mol. The number of aliphatic hydroxyl groups excluding tert-OH is 1. The van der Waals surface area contributed by atoms with Gasteiger partial charge in [0.05, 0.1) is 11.1 Å². The molecule has 154 valence electrons. The van der Waals surface area contributed by atoms with E-state index in [9.17, 15) is 31.1 Å². The molecule has 0 saturated heterocycles. The van der Waals surface area contributed by atoms with Crippen LogP contribution in [0.25, 0.3) is 22.4 Å². The topological polar surface area (TPSA) is 106 Å². The van der Waals surface area contributed by atoms with Crippen LogP contribution in [0.2, 0.25) is 0 Å². The maximum absolute atomic E-state index is 14.3. The summed E-state index contributed by atoms with van der Waals surface area (Å²) in [7, 11) is -4.29. The minimum Gasteiger partial charge on any atom is -0.388 e. The van der Waals surface area contributed by atoms with Gasteiger partial charge in [0, 0.05) is 5.56 Å². The third kappa shape index (κ3) is 4.02. The van der Waals surface area contributed by atoms with Crippen molar-refractivity contribution in [3.8, 4) is 22.4 Å². The zero-order chi connectivity index (χ0) is 21.6. The molecule has 6 nitrogen and oxygen atoms in total. The Labute approximate surface area is 162 Å². The van der Waals surface area contributed by atoms with E-state index in [0.29, 0.717) is 0 Å². The van der Waals surface area contributed by atoms with Crippen LogP contribution in [-0.2, 0) is 22.8 Å². The minimum atomic E-state index is -4.53. The van der Waals surface area contributed by atoms with E-state index in [4.69, 9.17) is 9.66 Å². The van der Waals surface area contributed by atoms with Crippen LogP contribution in [0.4, 0.5) is 17.6 Å². The Kier molecular flexibility index (Phi) is 5.24. The fraction of sp³-hybridized carbons (Fsp3) is 0.167. The van der Waals surface area contributed by atoms with E-state index in [1.807, 2.05) is 0 Å². The lowest BCUT2D eigenvalue weighted by Gasteiger charge is -2.11. The van der Waals surface area contributed by atoms with Gasteiger partial charge in [-0.2, -0.15) is 13.2 Å². The van der Waals surface area contributed by atoms with Crippen LogP contribution in [0.1, 0.15) is 16.9 Å². The van der Waals surface area contributed by atoms with E-state index >= 15 is 0 Å². The van der Waals surface area contributed by atoms with Crippen LogP contribution < -0.4 is 5.14 Å². The summed E-state index contributed by atoms with van der Waals surface area (Å²) in [5.41, 5.74) is -0.361. The monoisotopic (exact) mass is 430 g/mol. The van der Waals surface area contributed by atoms with Crippen molar-refractivity contribution in [3.63, 3.8) is 0 Å². The van der Waals surface area contributed by atoms with E-state index in [1.165, 1.54) is 25.1 Å². The Balaban J connectivity index is 2.17. The maximum Gasteiger partial charge on any atom is 0.416 e. The average Bonchev–Trinajstić information content (AvgIpc) is 3.03. The Hall–Kier alpha value is -2.76. The largest absolute Gasteiger partial charge is 0.416 e. The summed E-state index contributed by atoms with van der Waals surface area (Å²) in [4.78, 5) is -0.727. The number of aliphatic hydroxyl groups is 1. The zero-order valence-electron chi connectivity index (χ0n) is 14.8. The Bertz CT molecular complexity index is 1190. The normalized spacial score (nSPS) is 12.4. The molecule has 0 aliphatic carbocycles. The molecule has 0 atom stereocenters. The molecule has 0 amide bonds. The number of aromatic nitrogens is 1. The second-order valence-corrected chi connectivity index (χ2v) is 7.73. The first-order valence-corrected chi connectivity index (χ1v) is 9.58. The summed E-state index contributed by atoms with van der Waals surface area (Å²) in [6, 6.07) is 6.33. The molecule has 0 saturated carbocycles. The van der Waals surface area contributed by atoms with E-state index in [1.54, 1.807) is 0 Å². The molecule has 0 aliphatic heterocycles. The van der Waals surface area contributed by atoms with Crippen molar-refractivity contribution in [3.05, 3.63) is 59.1 Å². The number of benzene rings is 2. The lowest BCUT2D eigenvalue weighted by Crippen LogP contribution is -2.14. The molecule has 1 aromatic heterocycles. The molecule has 0 bridgehead atoms. The third-order valence-electron chi connectivity index (χ3n) is 4.24. The van der Waals surface area contributed by atoms with Crippen molar-refractivity contribution < 1.29 is 35.6 Å². The quantitative estimate of drug-likeness (QED) is 0.615. The number of alkyl halides is 3. The van der Waals surface area contributed by atoms with Gasteiger partial charge in [0.15, 0.2) is 5.76 Å². The highest BCUT2D eigenvalue weighted by Crippen LogP contribution is 2.38. The van der Waals surface area contributed by atoms with Crippen molar-refractivity contribution in [1.82, 2.24) is 5.16 Å². The van der Waals surface area contributed by atoms with Crippen LogP contribution in [0.15, 0.2) is 45.8 Å². The smallest absolute Gasteiger partial charge is 0.388 e. The fourth-order valence-corrected chi connectivity index (χ4v) is 3.53. The first kappa shape index (κ1) is 21.0. The highest BCUT2D eigenvalue weighted by atomic mass is 32.2. The SMILES string of the molecule is Cc1cc(-c2noc(CO)c2-c2ccc(S(N)(=O)=O)c(F)c2)ccc1C(F)(F)F. The molecule has 2 aromatic carbocycles. The predicted octanol–water partition coefficient (Wildman–Crippen LogP) is 3.61. The maximum atomic E-state index is 14.3. The molecule has 0 fully saturated rings. The third-order valence-corrected chi connectivity index (χ3v) is 5.18. The number of hydrogen-bond donors (Lipinski definition) is 2. The molecule has 0 unspecified atom stereocenters. The number of halogens is 4. The summed E-state index contributed by atoms with van der Waals surface area (Å²) in [6.45, 7) is 0.653. The predicted molar refractivity (Wildman–Crippen MR) is 94.4 cm³/mol. The molecule has 3 N–H and O–H groups in total. The highest BCUT2D eigenvalue weighted by molar-refractivity contribution is 7.89.